The Kier molecular flexibility index (Phi) is 3.84. The Hall–Kier alpha value is -0.0600. The molecule has 2 rings (SSSR count). The summed E-state index contributed by atoms with van der Waals surface area (Å²) in [6.45, 7) is 0. The average molecular weight is 228 g/mol. The Morgan fingerprint density at radius 1 is 1.57 bits per heavy atom. The van der Waals surface area contributed by atoms with Gasteiger partial charge in [0.1, 0.15) is 4.34 Å². The van der Waals surface area contributed by atoms with Gasteiger partial charge in [0.05, 0.1) is 0 Å². The number of nitrogens with zero attached hydrogens (tertiary/aromatic N) is 1. The van der Waals surface area contributed by atoms with Gasteiger partial charge in [-0.1, -0.05) is 18.2 Å². The minimum absolute atomic E-state index is 0.465. The standard InChI is InChI=1S/C10H16N2S2/c11-9-3-1-2-8(9)4-6-13-10-12-5-7-14-10/h5,7-9H,1-4,6,11H2. The number of aromatic nitrogens is 1. The number of thioether (sulfide) groups is 1. The number of rotatable bonds is 4. The summed E-state index contributed by atoms with van der Waals surface area (Å²) in [7, 11) is 0. The van der Waals surface area contributed by atoms with E-state index in [1.54, 1.807) is 11.3 Å². The lowest BCUT2D eigenvalue weighted by atomic mass is 10.0. The van der Waals surface area contributed by atoms with E-state index in [2.05, 4.69) is 4.98 Å². The number of hydrogen-bond donors (Lipinski definition) is 1. The third kappa shape index (κ3) is 2.72. The predicted octanol–water partition coefficient (Wildman–Crippen LogP) is 2.75. The van der Waals surface area contributed by atoms with Crippen LogP contribution in [0.3, 0.4) is 0 Å². The van der Waals surface area contributed by atoms with Crippen molar-refractivity contribution in [2.75, 3.05) is 5.75 Å². The summed E-state index contributed by atoms with van der Waals surface area (Å²) in [6.07, 6.45) is 7.01. The van der Waals surface area contributed by atoms with E-state index in [9.17, 15) is 0 Å². The van der Waals surface area contributed by atoms with Crippen molar-refractivity contribution >= 4 is 23.1 Å². The molecule has 2 N–H and O–H groups in total. The topological polar surface area (TPSA) is 38.9 Å². The zero-order valence-electron chi connectivity index (χ0n) is 8.19. The molecule has 0 spiro atoms. The predicted molar refractivity (Wildman–Crippen MR) is 62.8 cm³/mol. The number of nitrogens with two attached hydrogens (primary N) is 1. The van der Waals surface area contributed by atoms with Crippen molar-refractivity contribution in [3.63, 3.8) is 0 Å². The summed E-state index contributed by atoms with van der Waals surface area (Å²) < 4.78 is 1.19. The van der Waals surface area contributed by atoms with Gasteiger partial charge in [-0.2, -0.15) is 0 Å². The van der Waals surface area contributed by atoms with Gasteiger partial charge >= 0.3 is 0 Å². The molecule has 1 aromatic rings. The lowest BCUT2D eigenvalue weighted by molar-refractivity contribution is 0.470. The molecule has 1 aliphatic carbocycles. The molecule has 1 heterocycles. The Morgan fingerprint density at radius 3 is 3.14 bits per heavy atom. The highest BCUT2D eigenvalue weighted by Gasteiger charge is 2.23. The molecule has 0 aliphatic heterocycles. The van der Waals surface area contributed by atoms with E-state index < -0.39 is 0 Å². The van der Waals surface area contributed by atoms with Crippen LogP contribution in [0.5, 0.6) is 0 Å². The van der Waals surface area contributed by atoms with Gasteiger partial charge in [-0.3, -0.25) is 0 Å². The van der Waals surface area contributed by atoms with E-state index >= 15 is 0 Å². The first-order valence-electron chi connectivity index (χ1n) is 5.14. The first-order valence-corrected chi connectivity index (χ1v) is 7.00. The van der Waals surface area contributed by atoms with E-state index in [0.29, 0.717) is 6.04 Å². The van der Waals surface area contributed by atoms with Gasteiger partial charge in [0.2, 0.25) is 0 Å². The molecule has 1 saturated carbocycles. The second-order valence-electron chi connectivity index (χ2n) is 3.79. The first-order chi connectivity index (χ1) is 6.86. The molecule has 2 nitrogen and oxygen atoms in total. The van der Waals surface area contributed by atoms with Crippen LogP contribution in [0.15, 0.2) is 15.9 Å². The van der Waals surface area contributed by atoms with Crippen molar-refractivity contribution in [2.45, 2.75) is 36.1 Å². The third-order valence-corrected chi connectivity index (χ3v) is 4.84. The SMILES string of the molecule is NC1CCCC1CCSc1nccs1. The highest BCUT2D eigenvalue weighted by molar-refractivity contribution is 8.00. The summed E-state index contributed by atoms with van der Waals surface area (Å²) in [5.74, 6) is 1.94. The molecule has 0 saturated heterocycles. The molecule has 1 fully saturated rings. The van der Waals surface area contributed by atoms with Crippen LogP contribution in [0.2, 0.25) is 0 Å². The van der Waals surface area contributed by atoms with Crippen molar-refractivity contribution in [1.29, 1.82) is 0 Å². The van der Waals surface area contributed by atoms with E-state index in [0.717, 1.165) is 5.92 Å². The maximum atomic E-state index is 6.02. The Bertz CT molecular complexity index is 261. The minimum Gasteiger partial charge on any atom is -0.327 e. The third-order valence-electron chi connectivity index (χ3n) is 2.84. The van der Waals surface area contributed by atoms with E-state index in [1.807, 2.05) is 23.3 Å². The Labute approximate surface area is 93.3 Å². The van der Waals surface area contributed by atoms with Crippen molar-refractivity contribution in [3.05, 3.63) is 11.6 Å². The summed E-state index contributed by atoms with van der Waals surface area (Å²) in [5.41, 5.74) is 6.02. The maximum Gasteiger partial charge on any atom is 0.149 e. The lowest BCUT2D eigenvalue weighted by Gasteiger charge is -2.13. The van der Waals surface area contributed by atoms with Gasteiger partial charge in [-0.05, 0) is 25.2 Å². The molecule has 14 heavy (non-hydrogen) atoms. The van der Waals surface area contributed by atoms with Gasteiger partial charge in [-0.15, -0.1) is 11.3 Å². The van der Waals surface area contributed by atoms with E-state index in [1.165, 1.54) is 35.8 Å². The molecule has 4 heteroatoms. The van der Waals surface area contributed by atoms with Crippen LogP contribution in [0.25, 0.3) is 0 Å². The minimum atomic E-state index is 0.465. The summed E-state index contributed by atoms with van der Waals surface area (Å²) >= 11 is 3.59. The van der Waals surface area contributed by atoms with Gasteiger partial charge in [-0.25, -0.2) is 4.98 Å². The molecule has 0 amide bonds. The second kappa shape index (κ2) is 5.14. The molecule has 0 bridgehead atoms. The molecule has 2 unspecified atom stereocenters. The lowest BCUT2D eigenvalue weighted by Crippen LogP contribution is -2.24. The van der Waals surface area contributed by atoms with Gasteiger partial charge in [0.25, 0.3) is 0 Å². The molecular weight excluding hydrogens is 212 g/mol. The van der Waals surface area contributed by atoms with Crippen LogP contribution in [0.4, 0.5) is 0 Å². The summed E-state index contributed by atoms with van der Waals surface area (Å²) in [5, 5.41) is 2.03. The number of hydrogen-bond acceptors (Lipinski definition) is 4. The molecule has 2 atom stereocenters. The first kappa shape index (κ1) is 10.5. The van der Waals surface area contributed by atoms with Crippen LogP contribution in [0.1, 0.15) is 25.7 Å². The Morgan fingerprint density at radius 2 is 2.50 bits per heavy atom. The van der Waals surface area contributed by atoms with Gasteiger partial charge in [0.15, 0.2) is 0 Å². The fourth-order valence-electron chi connectivity index (χ4n) is 2.00. The monoisotopic (exact) mass is 228 g/mol. The van der Waals surface area contributed by atoms with Crippen molar-refractivity contribution in [1.82, 2.24) is 4.98 Å². The fourth-order valence-corrected chi connectivity index (χ4v) is 3.78. The van der Waals surface area contributed by atoms with Gasteiger partial charge in [0, 0.05) is 23.4 Å². The molecule has 78 valence electrons. The quantitative estimate of drug-likeness (QED) is 0.805. The van der Waals surface area contributed by atoms with Crippen molar-refractivity contribution in [3.8, 4) is 0 Å². The van der Waals surface area contributed by atoms with Gasteiger partial charge < -0.3 is 5.73 Å². The highest BCUT2D eigenvalue weighted by atomic mass is 32.2. The van der Waals surface area contributed by atoms with Crippen LogP contribution < -0.4 is 5.73 Å². The van der Waals surface area contributed by atoms with E-state index in [4.69, 9.17) is 5.73 Å². The molecular formula is C10H16N2S2. The highest BCUT2D eigenvalue weighted by Crippen LogP contribution is 2.30. The largest absolute Gasteiger partial charge is 0.327 e. The fraction of sp³-hybridized carbons (Fsp3) is 0.700. The molecule has 1 aliphatic rings. The van der Waals surface area contributed by atoms with Crippen LogP contribution in [-0.4, -0.2) is 16.8 Å². The summed E-state index contributed by atoms with van der Waals surface area (Å²) in [6, 6.07) is 0.465. The van der Waals surface area contributed by atoms with Crippen LogP contribution in [0, 0.1) is 5.92 Å². The maximum absolute atomic E-state index is 6.02. The van der Waals surface area contributed by atoms with Crippen LogP contribution >= 0.6 is 23.1 Å². The molecule has 0 radical (unpaired) electrons. The number of thiazole rings is 1. The summed E-state index contributed by atoms with van der Waals surface area (Å²) in [4.78, 5) is 4.25. The van der Waals surface area contributed by atoms with Crippen molar-refractivity contribution in [2.24, 2.45) is 11.7 Å². The second-order valence-corrected chi connectivity index (χ2v) is 6.03. The normalized spacial score (nSPS) is 26.9. The smallest absolute Gasteiger partial charge is 0.149 e. The zero-order chi connectivity index (χ0) is 9.80. The van der Waals surface area contributed by atoms with Crippen molar-refractivity contribution < 1.29 is 0 Å². The molecule has 1 aromatic heterocycles. The Balaban J connectivity index is 1.68. The average Bonchev–Trinajstić information content (AvgIpc) is 2.78. The van der Waals surface area contributed by atoms with Crippen LogP contribution in [-0.2, 0) is 0 Å². The van der Waals surface area contributed by atoms with E-state index in [-0.39, 0.29) is 0 Å². The molecule has 0 aromatic carbocycles. The zero-order valence-corrected chi connectivity index (χ0v) is 9.82.